The summed E-state index contributed by atoms with van der Waals surface area (Å²) in [6.45, 7) is 0. The van der Waals surface area contributed by atoms with Crippen molar-refractivity contribution >= 4 is 6.21 Å². The summed E-state index contributed by atoms with van der Waals surface area (Å²) in [6.07, 6.45) is 1.35. The third-order valence-electron chi connectivity index (χ3n) is 2.36. The molecule has 0 unspecified atom stereocenters. The van der Waals surface area contributed by atoms with Gasteiger partial charge < -0.3 is 14.7 Å². The van der Waals surface area contributed by atoms with Gasteiger partial charge in [0.25, 0.3) is 0 Å². The number of oxime groups is 1. The molecule has 0 saturated heterocycles. The Labute approximate surface area is 105 Å². The van der Waals surface area contributed by atoms with E-state index in [1.54, 1.807) is 13.2 Å². The van der Waals surface area contributed by atoms with E-state index in [2.05, 4.69) is 5.16 Å². The standard InChI is InChI=1S/C14H13NO3/c1-17-12-5-7-13(8-6-12)18-14-4-2-3-11(9-14)10-15-16/h2-10,16H,1H3/b15-10-. The second-order valence-electron chi connectivity index (χ2n) is 3.59. The molecule has 0 aliphatic heterocycles. The van der Waals surface area contributed by atoms with E-state index < -0.39 is 0 Å². The molecule has 2 aromatic rings. The molecule has 0 saturated carbocycles. The first-order valence-corrected chi connectivity index (χ1v) is 5.41. The number of ether oxygens (including phenoxy) is 2. The first-order chi connectivity index (χ1) is 8.81. The summed E-state index contributed by atoms with van der Waals surface area (Å²) in [4.78, 5) is 0. The maximum atomic E-state index is 8.47. The summed E-state index contributed by atoms with van der Waals surface area (Å²) in [6, 6.07) is 14.6. The first kappa shape index (κ1) is 12.0. The first-order valence-electron chi connectivity index (χ1n) is 5.41. The molecule has 4 nitrogen and oxygen atoms in total. The lowest BCUT2D eigenvalue weighted by Gasteiger charge is -2.07. The lowest BCUT2D eigenvalue weighted by atomic mass is 10.2. The van der Waals surface area contributed by atoms with Crippen molar-refractivity contribution < 1.29 is 14.7 Å². The molecule has 0 fully saturated rings. The van der Waals surface area contributed by atoms with Crippen LogP contribution in [0.5, 0.6) is 17.2 Å². The summed E-state index contributed by atoms with van der Waals surface area (Å²) in [5.41, 5.74) is 0.767. The van der Waals surface area contributed by atoms with Crippen molar-refractivity contribution in [2.75, 3.05) is 7.11 Å². The zero-order valence-electron chi connectivity index (χ0n) is 9.91. The van der Waals surface area contributed by atoms with Crippen LogP contribution in [0.2, 0.25) is 0 Å². The summed E-state index contributed by atoms with van der Waals surface area (Å²) >= 11 is 0. The topological polar surface area (TPSA) is 51.0 Å². The minimum atomic E-state index is 0.678. The van der Waals surface area contributed by atoms with Crippen LogP contribution in [0, 0.1) is 0 Å². The highest BCUT2D eigenvalue weighted by Gasteiger charge is 1.99. The van der Waals surface area contributed by atoms with Crippen molar-refractivity contribution in [1.82, 2.24) is 0 Å². The van der Waals surface area contributed by atoms with E-state index in [1.807, 2.05) is 42.5 Å². The van der Waals surface area contributed by atoms with Crippen LogP contribution in [0.4, 0.5) is 0 Å². The van der Waals surface area contributed by atoms with Crippen LogP contribution in [0.1, 0.15) is 5.56 Å². The van der Waals surface area contributed by atoms with Gasteiger partial charge in [-0.05, 0) is 42.0 Å². The average Bonchev–Trinajstić information content (AvgIpc) is 2.40. The summed E-state index contributed by atoms with van der Waals surface area (Å²) in [5.74, 6) is 2.18. The van der Waals surface area contributed by atoms with Gasteiger partial charge >= 0.3 is 0 Å². The fraction of sp³-hybridized carbons (Fsp3) is 0.0714. The number of methoxy groups -OCH3 is 1. The predicted molar refractivity (Wildman–Crippen MR) is 68.9 cm³/mol. The molecule has 0 aromatic heterocycles. The van der Waals surface area contributed by atoms with Gasteiger partial charge in [-0.1, -0.05) is 17.3 Å². The molecule has 0 amide bonds. The molecule has 0 atom stereocenters. The van der Waals surface area contributed by atoms with Crippen LogP contribution in [0.3, 0.4) is 0 Å². The fourth-order valence-corrected chi connectivity index (χ4v) is 1.50. The molecule has 2 aromatic carbocycles. The second kappa shape index (κ2) is 5.72. The Morgan fingerprint density at radius 1 is 1.00 bits per heavy atom. The smallest absolute Gasteiger partial charge is 0.128 e. The fourth-order valence-electron chi connectivity index (χ4n) is 1.50. The SMILES string of the molecule is COc1ccc(Oc2cccc(/C=N\O)c2)cc1. The molecular formula is C14H13NO3. The van der Waals surface area contributed by atoms with E-state index in [9.17, 15) is 0 Å². The Kier molecular flexibility index (Phi) is 3.81. The molecule has 0 radical (unpaired) electrons. The summed E-state index contributed by atoms with van der Waals surface area (Å²) in [7, 11) is 1.62. The molecule has 92 valence electrons. The van der Waals surface area contributed by atoms with Gasteiger partial charge in [0.1, 0.15) is 17.2 Å². The Bertz CT molecular complexity index is 535. The summed E-state index contributed by atoms with van der Waals surface area (Å²) < 4.78 is 10.7. The van der Waals surface area contributed by atoms with Gasteiger partial charge in [-0.2, -0.15) is 0 Å². The quantitative estimate of drug-likeness (QED) is 0.509. The third-order valence-corrected chi connectivity index (χ3v) is 2.36. The minimum Gasteiger partial charge on any atom is -0.497 e. The van der Waals surface area contributed by atoms with Crippen molar-refractivity contribution in [3.63, 3.8) is 0 Å². The molecule has 18 heavy (non-hydrogen) atoms. The minimum absolute atomic E-state index is 0.678. The van der Waals surface area contributed by atoms with Gasteiger partial charge in [0, 0.05) is 0 Å². The van der Waals surface area contributed by atoms with Gasteiger partial charge in [0.05, 0.1) is 13.3 Å². The Hall–Kier alpha value is -2.49. The van der Waals surface area contributed by atoms with Crippen molar-refractivity contribution in [2.24, 2.45) is 5.16 Å². The van der Waals surface area contributed by atoms with Gasteiger partial charge in [0.2, 0.25) is 0 Å². The number of benzene rings is 2. The molecule has 0 spiro atoms. The molecule has 0 heterocycles. The zero-order chi connectivity index (χ0) is 12.8. The van der Waals surface area contributed by atoms with E-state index in [0.717, 1.165) is 11.3 Å². The van der Waals surface area contributed by atoms with Crippen LogP contribution < -0.4 is 9.47 Å². The number of hydrogen-bond donors (Lipinski definition) is 1. The molecule has 0 aliphatic rings. The van der Waals surface area contributed by atoms with Crippen LogP contribution in [-0.4, -0.2) is 18.5 Å². The van der Waals surface area contributed by atoms with E-state index in [1.165, 1.54) is 6.21 Å². The van der Waals surface area contributed by atoms with Crippen LogP contribution in [-0.2, 0) is 0 Å². The van der Waals surface area contributed by atoms with Crippen LogP contribution >= 0.6 is 0 Å². The molecule has 0 aliphatic carbocycles. The highest BCUT2D eigenvalue weighted by molar-refractivity contribution is 5.79. The largest absolute Gasteiger partial charge is 0.497 e. The van der Waals surface area contributed by atoms with Gasteiger partial charge in [-0.25, -0.2) is 0 Å². The monoisotopic (exact) mass is 243 g/mol. The Balaban J connectivity index is 2.14. The van der Waals surface area contributed by atoms with Crippen molar-refractivity contribution in [3.8, 4) is 17.2 Å². The highest BCUT2D eigenvalue weighted by atomic mass is 16.5. The van der Waals surface area contributed by atoms with E-state index in [-0.39, 0.29) is 0 Å². The highest BCUT2D eigenvalue weighted by Crippen LogP contribution is 2.24. The lowest BCUT2D eigenvalue weighted by molar-refractivity contribution is 0.322. The van der Waals surface area contributed by atoms with Crippen molar-refractivity contribution in [1.29, 1.82) is 0 Å². The zero-order valence-corrected chi connectivity index (χ0v) is 9.91. The van der Waals surface area contributed by atoms with E-state index >= 15 is 0 Å². The molecule has 1 N–H and O–H groups in total. The molecule has 2 rings (SSSR count). The third kappa shape index (κ3) is 3.01. The molecule has 4 heteroatoms. The van der Waals surface area contributed by atoms with Crippen LogP contribution in [0.25, 0.3) is 0 Å². The number of hydrogen-bond acceptors (Lipinski definition) is 4. The van der Waals surface area contributed by atoms with E-state index in [0.29, 0.717) is 11.5 Å². The van der Waals surface area contributed by atoms with Gasteiger partial charge in [-0.3, -0.25) is 0 Å². The molecule has 0 bridgehead atoms. The van der Waals surface area contributed by atoms with Gasteiger partial charge in [0.15, 0.2) is 0 Å². The summed E-state index contributed by atoms with van der Waals surface area (Å²) in [5, 5.41) is 11.5. The second-order valence-corrected chi connectivity index (χ2v) is 3.59. The van der Waals surface area contributed by atoms with Crippen molar-refractivity contribution in [2.45, 2.75) is 0 Å². The molecular weight excluding hydrogens is 230 g/mol. The number of nitrogens with zero attached hydrogens (tertiary/aromatic N) is 1. The maximum Gasteiger partial charge on any atom is 0.128 e. The van der Waals surface area contributed by atoms with Gasteiger partial charge in [-0.15, -0.1) is 0 Å². The Morgan fingerprint density at radius 3 is 2.39 bits per heavy atom. The maximum absolute atomic E-state index is 8.47. The average molecular weight is 243 g/mol. The van der Waals surface area contributed by atoms with Crippen LogP contribution in [0.15, 0.2) is 53.7 Å². The van der Waals surface area contributed by atoms with E-state index in [4.69, 9.17) is 14.7 Å². The normalized spacial score (nSPS) is 10.5. The Morgan fingerprint density at radius 2 is 1.72 bits per heavy atom. The number of rotatable bonds is 4. The lowest BCUT2D eigenvalue weighted by Crippen LogP contribution is -1.87. The predicted octanol–water partition coefficient (Wildman–Crippen LogP) is 3.30. The van der Waals surface area contributed by atoms with Crippen molar-refractivity contribution in [3.05, 3.63) is 54.1 Å².